The third-order valence-corrected chi connectivity index (χ3v) is 2.86. The summed E-state index contributed by atoms with van der Waals surface area (Å²) in [4.78, 5) is 8.06. The van der Waals surface area contributed by atoms with Gasteiger partial charge in [-0.1, -0.05) is 11.6 Å². The molecule has 1 saturated heterocycles. The molecule has 1 aromatic heterocycles. The number of rotatable bonds is 3. The van der Waals surface area contributed by atoms with Crippen molar-refractivity contribution in [2.75, 3.05) is 18.5 Å². The summed E-state index contributed by atoms with van der Waals surface area (Å²) in [5, 5.41) is 3.57. The normalized spacial score (nSPS) is 25.5. The van der Waals surface area contributed by atoms with Crippen LogP contribution < -0.4 is 5.32 Å². The van der Waals surface area contributed by atoms with E-state index in [4.69, 9.17) is 16.3 Å². The zero-order chi connectivity index (χ0) is 10.7. The molecule has 0 aromatic carbocycles. The van der Waals surface area contributed by atoms with Crippen LogP contribution in [0.4, 0.5) is 5.82 Å². The second-order valence-corrected chi connectivity index (χ2v) is 4.31. The molecule has 4 nitrogen and oxygen atoms in total. The third kappa shape index (κ3) is 2.58. The molecule has 1 N–H and O–H groups in total. The Balaban J connectivity index is 1.95. The molecule has 0 spiro atoms. The maximum atomic E-state index is 5.88. The molecule has 5 heteroatoms. The number of ether oxygens (including phenoxy) is 1. The fourth-order valence-corrected chi connectivity index (χ4v) is 1.86. The van der Waals surface area contributed by atoms with E-state index in [1.807, 2.05) is 0 Å². The molecule has 1 aromatic rings. The minimum Gasteiger partial charge on any atom is -0.373 e. The number of hydrogen-bond donors (Lipinski definition) is 1. The van der Waals surface area contributed by atoms with Gasteiger partial charge < -0.3 is 10.1 Å². The van der Waals surface area contributed by atoms with Gasteiger partial charge in [0.2, 0.25) is 0 Å². The Bertz CT molecular complexity index is 339. The number of hydrogen-bond acceptors (Lipinski definition) is 4. The van der Waals surface area contributed by atoms with E-state index >= 15 is 0 Å². The molecule has 15 heavy (non-hydrogen) atoms. The van der Waals surface area contributed by atoms with Crippen molar-refractivity contribution in [1.82, 2.24) is 9.97 Å². The Morgan fingerprint density at radius 2 is 2.33 bits per heavy atom. The van der Waals surface area contributed by atoms with Gasteiger partial charge in [-0.3, -0.25) is 0 Å². The Morgan fingerprint density at radius 3 is 3.00 bits per heavy atom. The minimum absolute atomic E-state index is 0.0964. The number of nitrogens with one attached hydrogen (secondary N) is 1. The highest BCUT2D eigenvalue weighted by Crippen LogP contribution is 2.25. The van der Waals surface area contributed by atoms with Crippen LogP contribution in [0.25, 0.3) is 0 Å². The maximum absolute atomic E-state index is 5.88. The molecule has 1 aliphatic heterocycles. The van der Waals surface area contributed by atoms with E-state index in [9.17, 15) is 0 Å². The van der Waals surface area contributed by atoms with Crippen LogP contribution >= 0.6 is 11.6 Å². The van der Waals surface area contributed by atoms with Crippen LogP contribution in [0.1, 0.15) is 19.8 Å². The van der Waals surface area contributed by atoms with Gasteiger partial charge in [0.1, 0.15) is 0 Å². The van der Waals surface area contributed by atoms with E-state index < -0.39 is 0 Å². The lowest BCUT2D eigenvalue weighted by atomic mass is 10.0. The summed E-state index contributed by atoms with van der Waals surface area (Å²) in [5.74, 6) is 0.621. The van der Waals surface area contributed by atoms with Crippen LogP contribution in [-0.4, -0.2) is 28.7 Å². The van der Waals surface area contributed by atoms with Crippen molar-refractivity contribution >= 4 is 17.4 Å². The Morgan fingerprint density at radius 1 is 1.53 bits per heavy atom. The van der Waals surface area contributed by atoms with Crippen LogP contribution in [0.15, 0.2) is 12.4 Å². The Kier molecular flexibility index (Phi) is 3.07. The first-order valence-corrected chi connectivity index (χ1v) is 5.42. The van der Waals surface area contributed by atoms with Gasteiger partial charge >= 0.3 is 0 Å². The monoisotopic (exact) mass is 227 g/mol. The molecule has 2 heterocycles. The van der Waals surface area contributed by atoms with E-state index in [0.29, 0.717) is 17.5 Å². The summed E-state index contributed by atoms with van der Waals surface area (Å²) in [6.45, 7) is 3.65. The fraction of sp³-hybridized carbons (Fsp3) is 0.600. The van der Waals surface area contributed by atoms with Crippen LogP contribution in [0.5, 0.6) is 0 Å². The zero-order valence-corrected chi connectivity index (χ0v) is 9.42. The lowest BCUT2D eigenvalue weighted by Gasteiger charge is -2.23. The molecule has 0 aliphatic carbocycles. The van der Waals surface area contributed by atoms with Crippen LogP contribution in [-0.2, 0) is 4.74 Å². The summed E-state index contributed by atoms with van der Waals surface area (Å²) in [6, 6.07) is 0. The van der Waals surface area contributed by atoms with Crippen molar-refractivity contribution in [2.24, 2.45) is 0 Å². The Hall–Kier alpha value is -0.870. The molecule has 1 atom stereocenters. The van der Waals surface area contributed by atoms with Gasteiger partial charge in [-0.2, -0.15) is 0 Å². The van der Waals surface area contributed by atoms with Crippen molar-refractivity contribution in [2.45, 2.75) is 25.4 Å². The van der Waals surface area contributed by atoms with E-state index in [-0.39, 0.29) is 5.60 Å². The third-order valence-electron chi connectivity index (χ3n) is 2.58. The van der Waals surface area contributed by atoms with E-state index in [2.05, 4.69) is 22.2 Å². The van der Waals surface area contributed by atoms with Crippen molar-refractivity contribution in [3.63, 3.8) is 0 Å². The highest BCUT2D eigenvalue weighted by atomic mass is 35.5. The molecule has 0 bridgehead atoms. The average molecular weight is 228 g/mol. The summed E-state index contributed by atoms with van der Waals surface area (Å²) in [5.41, 5.74) is -0.0964. The summed E-state index contributed by atoms with van der Waals surface area (Å²) in [7, 11) is 0. The highest BCUT2D eigenvalue weighted by molar-refractivity contribution is 6.31. The first kappa shape index (κ1) is 10.6. The second kappa shape index (κ2) is 4.33. The molecular weight excluding hydrogens is 214 g/mol. The molecule has 82 valence electrons. The molecule has 0 saturated carbocycles. The van der Waals surface area contributed by atoms with Crippen molar-refractivity contribution in [3.8, 4) is 0 Å². The molecule has 1 unspecified atom stereocenters. The summed E-state index contributed by atoms with van der Waals surface area (Å²) in [6.07, 6.45) is 5.37. The lowest BCUT2D eigenvalue weighted by molar-refractivity contribution is 0.0315. The average Bonchev–Trinajstić information content (AvgIpc) is 2.65. The number of anilines is 1. The highest BCUT2D eigenvalue weighted by Gasteiger charge is 2.29. The molecular formula is C10H14ClN3O. The van der Waals surface area contributed by atoms with Crippen molar-refractivity contribution in [3.05, 3.63) is 17.5 Å². The van der Waals surface area contributed by atoms with Gasteiger partial charge in [-0.15, -0.1) is 0 Å². The van der Waals surface area contributed by atoms with Gasteiger partial charge in [-0.25, -0.2) is 9.97 Å². The maximum Gasteiger partial charge on any atom is 0.171 e. The van der Waals surface area contributed by atoms with Crippen molar-refractivity contribution in [1.29, 1.82) is 0 Å². The second-order valence-electron chi connectivity index (χ2n) is 3.95. The standard InChI is InChI=1S/C10H14ClN3O/c1-10(3-2-6-15-10)7-14-9-8(11)12-4-5-13-9/h4-5H,2-3,6-7H2,1H3,(H,13,14). The van der Waals surface area contributed by atoms with Crippen LogP contribution in [0, 0.1) is 0 Å². The SMILES string of the molecule is CC1(CNc2nccnc2Cl)CCCO1. The van der Waals surface area contributed by atoms with Gasteiger partial charge in [-0.05, 0) is 19.8 Å². The molecule has 1 aliphatic rings. The van der Waals surface area contributed by atoms with E-state index in [0.717, 1.165) is 19.4 Å². The van der Waals surface area contributed by atoms with E-state index in [1.54, 1.807) is 12.4 Å². The van der Waals surface area contributed by atoms with E-state index in [1.165, 1.54) is 0 Å². The lowest BCUT2D eigenvalue weighted by Crippen LogP contribution is -2.32. The van der Waals surface area contributed by atoms with Crippen LogP contribution in [0.2, 0.25) is 5.15 Å². The first-order chi connectivity index (χ1) is 7.20. The quantitative estimate of drug-likeness (QED) is 0.859. The van der Waals surface area contributed by atoms with Gasteiger partial charge in [0, 0.05) is 25.5 Å². The number of nitrogens with zero attached hydrogens (tertiary/aromatic N) is 2. The molecule has 2 rings (SSSR count). The topological polar surface area (TPSA) is 47.0 Å². The molecule has 0 radical (unpaired) electrons. The predicted octanol–water partition coefficient (Wildman–Crippen LogP) is 2.11. The number of aromatic nitrogens is 2. The zero-order valence-electron chi connectivity index (χ0n) is 8.66. The smallest absolute Gasteiger partial charge is 0.171 e. The van der Waals surface area contributed by atoms with Gasteiger partial charge in [0.25, 0.3) is 0 Å². The number of halogens is 1. The summed E-state index contributed by atoms with van der Waals surface area (Å²) < 4.78 is 5.65. The largest absolute Gasteiger partial charge is 0.373 e. The Labute approximate surface area is 94.0 Å². The van der Waals surface area contributed by atoms with Crippen molar-refractivity contribution < 1.29 is 4.74 Å². The van der Waals surface area contributed by atoms with Gasteiger partial charge in [0.15, 0.2) is 11.0 Å². The molecule has 0 amide bonds. The predicted molar refractivity (Wildman–Crippen MR) is 59.1 cm³/mol. The van der Waals surface area contributed by atoms with Crippen LogP contribution in [0.3, 0.4) is 0 Å². The summed E-state index contributed by atoms with van der Waals surface area (Å²) >= 11 is 5.88. The first-order valence-electron chi connectivity index (χ1n) is 5.04. The fourth-order valence-electron chi connectivity index (χ4n) is 1.69. The van der Waals surface area contributed by atoms with Gasteiger partial charge in [0.05, 0.1) is 5.60 Å². The minimum atomic E-state index is -0.0964. The molecule has 1 fully saturated rings.